The predicted molar refractivity (Wildman–Crippen MR) is 126 cm³/mol. The number of nitrogens with two attached hydrogens (primary N) is 2. The Morgan fingerprint density at radius 2 is 1.62 bits per heavy atom. The van der Waals surface area contributed by atoms with E-state index in [0.29, 0.717) is 17.3 Å². The van der Waals surface area contributed by atoms with Gasteiger partial charge in [0.2, 0.25) is 0 Å². The van der Waals surface area contributed by atoms with Crippen LogP contribution in [0.5, 0.6) is 0 Å². The van der Waals surface area contributed by atoms with E-state index in [4.69, 9.17) is 11.5 Å². The van der Waals surface area contributed by atoms with E-state index in [1.54, 1.807) is 0 Å². The van der Waals surface area contributed by atoms with Gasteiger partial charge < -0.3 is 11.5 Å². The molecule has 2 heteroatoms. The van der Waals surface area contributed by atoms with Crippen molar-refractivity contribution in [1.82, 2.24) is 0 Å². The summed E-state index contributed by atoms with van der Waals surface area (Å²) in [6.07, 6.45) is 2.09. The molecular formula is C27H32N2. The van der Waals surface area contributed by atoms with Crippen LogP contribution in [0.4, 0.5) is 11.4 Å². The van der Waals surface area contributed by atoms with Crippen molar-refractivity contribution in [3.63, 3.8) is 0 Å². The smallest absolute Gasteiger partial charge is 0.0554 e. The molecular weight excluding hydrogens is 352 g/mol. The lowest BCUT2D eigenvalue weighted by molar-refractivity contribution is 0.506. The second-order valence-electron chi connectivity index (χ2n) is 9.39. The van der Waals surface area contributed by atoms with Crippen LogP contribution in [-0.4, -0.2) is 0 Å². The number of hydrogen-bond acceptors (Lipinski definition) is 2. The largest absolute Gasteiger partial charge is 0.397 e. The van der Waals surface area contributed by atoms with Gasteiger partial charge in [-0.05, 0) is 86.9 Å². The quantitative estimate of drug-likeness (QED) is 0.376. The standard InChI is InChI=1S/C27H32N2/c1-6-27(4,5)21-13-20-12-19-11-17(16(2)3)7-9-22(19)26(20)23(15-21)18-8-10-24(28)25(29)14-18/h7-11,13-16H,6,12,28-29H2,1-5H3. The van der Waals surface area contributed by atoms with Gasteiger partial charge in [0.25, 0.3) is 0 Å². The third-order valence-electron chi connectivity index (χ3n) is 6.73. The first-order chi connectivity index (χ1) is 13.7. The van der Waals surface area contributed by atoms with Crippen molar-refractivity contribution >= 4 is 11.4 Å². The Morgan fingerprint density at radius 3 is 2.28 bits per heavy atom. The molecule has 0 fully saturated rings. The van der Waals surface area contributed by atoms with Crippen molar-refractivity contribution in [2.45, 2.75) is 58.8 Å². The first-order valence-corrected chi connectivity index (χ1v) is 10.7. The molecule has 150 valence electrons. The van der Waals surface area contributed by atoms with E-state index in [0.717, 1.165) is 18.4 Å². The molecule has 0 aliphatic heterocycles. The van der Waals surface area contributed by atoms with Crippen LogP contribution >= 0.6 is 0 Å². The summed E-state index contributed by atoms with van der Waals surface area (Å²) in [7, 11) is 0. The Kier molecular flexibility index (Phi) is 4.69. The van der Waals surface area contributed by atoms with E-state index in [2.05, 4.69) is 71.0 Å². The minimum Gasteiger partial charge on any atom is -0.397 e. The lowest BCUT2D eigenvalue weighted by Crippen LogP contribution is -2.16. The molecule has 0 heterocycles. The van der Waals surface area contributed by atoms with Crippen molar-refractivity contribution < 1.29 is 0 Å². The van der Waals surface area contributed by atoms with Crippen LogP contribution in [0.1, 0.15) is 69.2 Å². The average molecular weight is 385 g/mol. The fraction of sp³-hybridized carbons (Fsp3) is 0.333. The van der Waals surface area contributed by atoms with Crippen LogP contribution in [0.25, 0.3) is 22.3 Å². The first-order valence-electron chi connectivity index (χ1n) is 10.7. The zero-order valence-electron chi connectivity index (χ0n) is 18.3. The molecule has 0 saturated carbocycles. The SMILES string of the molecule is CCC(C)(C)c1cc2c(c(-c3ccc(N)c(N)c3)c1)-c1ccc(C(C)C)cc1C2. The molecule has 1 aliphatic rings. The van der Waals surface area contributed by atoms with Gasteiger partial charge in [0, 0.05) is 0 Å². The van der Waals surface area contributed by atoms with E-state index < -0.39 is 0 Å². The Morgan fingerprint density at radius 1 is 0.862 bits per heavy atom. The summed E-state index contributed by atoms with van der Waals surface area (Å²) >= 11 is 0. The molecule has 2 nitrogen and oxygen atoms in total. The second kappa shape index (κ2) is 6.95. The average Bonchev–Trinajstić information content (AvgIpc) is 3.07. The topological polar surface area (TPSA) is 52.0 Å². The van der Waals surface area contributed by atoms with E-state index >= 15 is 0 Å². The van der Waals surface area contributed by atoms with Gasteiger partial charge in [0.05, 0.1) is 11.4 Å². The van der Waals surface area contributed by atoms with E-state index in [-0.39, 0.29) is 5.41 Å². The molecule has 0 aromatic heterocycles. The van der Waals surface area contributed by atoms with Crippen LogP contribution in [-0.2, 0) is 11.8 Å². The number of rotatable bonds is 4. The summed E-state index contributed by atoms with van der Waals surface area (Å²) in [5.74, 6) is 0.537. The zero-order valence-corrected chi connectivity index (χ0v) is 18.3. The van der Waals surface area contributed by atoms with Gasteiger partial charge in [-0.3, -0.25) is 0 Å². The van der Waals surface area contributed by atoms with Crippen LogP contribution in [0.3, 0.4) is 0 Å². The fourth-order valence-corrected chi connectivity index (χ4v) is 4.29. The molecule has 4 rings (SSSR count). The molecule has 29 heavy (non-hydrogen) atoms. The molecule has 3 aromatic rings. The summed E-state index contributed by atoms with van der Waals surface area (Å²) < 4.78 is 0. The highest BCUT2D eigenvalue weighted by atomic mass is 14.7. The number of fused-ring (bicyclic) bond motifs is 3. The third kappa shape index (κ3) is 3.31. The summed E-state index contributed by atoms with van der Waals surface area (Å²) in [4.78, 5) is 0. The van der Waals surface area contributed by atoms with Crippen molar-refractivity contribution in [1.29, 1.82) is 0 Å². The Hall–Kier alpha value is -2.74. The lowest BCUT2D eigenvalue weighted by atomic mass is 9.79. The van der Waals surface area contributed by atoms with Gasteiger partial charge in [0.1, 0.15) is 0 Å². The molecule has 0 amide bonds. The highest BCUT2D eigenvalue weighted by Crippen LogP contribution is 2.46. The molecule has 4 N–H and O–H groups in total. The second-order valence-corrected chi connectivity index (χ2v) is 9.39. The number of hydrogen-bond donors (Lipinski definition) is 2. The monoisotopic (exact) mass is 384 g/mol. The predicted octanol–water partition coefficient (Wildman–Crippen LogP) is 6.90. The third-order valence-corrected chi connectivity index (χ3v) is 6.73. The summed E-state index contributed by atoms with van der Waals surface area (Å²) in [5, 5.41) is 0. The molecule has 0 saturated heterocycles. The van der Waals surface area contributed by atoms with Crippen molar-refractivity contribution in [3.05, 3.63) is 70.8 Å². The van der Waals surface area contributed by atoms with Gasteiger partial charge in [-0.1, -0.05) is 65.0 Å². The van der Waals surface area contributed by atoms with Crippen LogP contribution in [0.2, 0.25) is 0 Å². The number of benzene rings is 3. The minimum atomic E-state index is 0.126. The van der Waals surface area contributed by atoms with Gasteiger partial charge in [-0.25, -0.2) is 0 Å². The highest BCUT2D eigenvalue weighted by Gasteiger charge is 2.27. The maximum Gasteiger partial charge on any atom is 0.0554 e. The Bertz CT molecular complexity index is 1090. The zero-order chi connectivity index (χ0) is 20.9. The van der Waals surface area contributed by atoms with Crippen LogP contribution in [0, 0.1) is 0 Å². The van der Waals surface area contributed by atoms with Gasteiger partial charge in [-0.15, -0.1) is 0 Å². The first kappa shape index (κ1) is 19.6. The summed E-state index contributed by atoms with van der Waals surface area (Å²) in [5.41, 5.74) is 24.3. The molecule has 0 atom stereocenters. The summed E-state index contributed by atoms with van der Waals surface area (Å²) in [6, 6.07) is 17.8. The Balaban J connectivity index is 1.97. The van der Waals surface area contributed by atoms with Crippen LogP contribution in [0.15, 0.2) is 48.5 Å². The number of anilines is 2. The van der Waals surface area contributed by atoms with E-state index in [9.17, 15) is 0 Å². The van der Waals surface area contributed by atoms with Gasteiger partial charge in [0.15, 0.2) is 0 Å². The molecule has 0 bridgehead atoms. The normalized spacial score (nSPS) is 12.9. The maximum atomic E-state index is 6.18. The van der Waals surface area contributed by atoms with E-state index in [1.165, 1.54) is 38.9 Å². The molecule has 3 aromatic carbocycles. The van der Waals surface area contributed by atoms with Gasteiger partial charge >= 0.3 is 0 Å². The van der Waals surface area contributed by atoms with Crippen molar-refractivity contribution in [2.75, 3.05) is 11.5 Å². The van der Waals surface area contributed by atoms with Crippen molar-refractivity contribution in [2.24, 2.45) is 0 Å². The van der Waals surface area contributed by atoms with Gasteiger partial charge in [-0.2, -0.15) is 0 Å². The van der Waals surface area contributed by atoms with Crippen molar-refractivity contribution in [3.8, 4) is 22.3 Å². The molecule has 1 aliphatic carbocycles. The Labute approximate surface area is 175 Å². The van der Waals surface area contributed by atoms with E-state index in [1.807, 2.05) is 12.1 Å². The molecule has 0 spiro atoms. The molecule has 0 radical (unpaired) electrons. The molecule has 0 unspecified atom stereocenters. The number of nitrogen functional groups attached to an aromatic ring is 2. The fourth-order valence-electron chi connectivity index (χ4n) is 4.29. The maximum absolute atomic E-state index is 6.18. The highest BCUT2D eigenvalue weighted by molar-refractivity contribution is 5.92. The minimum absolute atomic E-state index is 0.126. The lowest BCUT2D eigenvalue weighted by Gasteiger charge is -2.26. The summed E-state index contributed by atoms with van der Waals surface area (Å²) in [6.45, 7) is 11.4. The van der Waals surface area contributed by atoms with Crippen LogP contribution < -0.4 is 11.5 Å².